The van der Waals surface area contributed by atoms with Crippen LogP contribution in [-0.2, 0) is 9.53 Å². The molecule has 1 aromatic carbocycles. The zero-order valence-electron chi connectivity index (χ0n) is 11.4. The molecule has 2 rings (SSSR count). The number of rotatable bonds is 5. The molecule has 1 aliphatic heterocycles. The molecular weight excluding hydrogens is 325 g/mol. The van der Waals surface area contributed by atoms with Gasteiger partial charge in [-0.1, -0.05) is 0 Å². The number of anilines is 1. The number of amides is 1. The Hall–Kier alpha value is -1.51. The number of hydrogen-bond acceptors (Lipinski definition) is 4. The fourth-order valence-corrected chi connectivity index (χ4v) is 2.06. The van der Waals surface area contributed by atoms with Gasteiger partial charge in [0.25, 0.3) is 5.91 Å². The highest BCUT2D eigenvalue weighted by Crippen LogP contribution is 2.24. The summed E-state index contributed by atoms with van der Waals surface area (Å²) in [6, 6.07) is 3.20. The molecule has 1 aromatic rings. The second-order valence-electron chi connectivity index (χ2n) is 4.57. The smallest absolute Gasteiger partial charge is 0.387 e. The average molecular weight is 341 g/mol. The molecule has 0 aromatic heterocycles. The largest absolute Gasteiger partial charge is 0.432 e. The predicted molar refractivity (Wildman–Crippen MR) is 75.9 cm³/mol. The second kappa shape index (κ2) is 8.21. The molecule has 1 heterocycles. The first-order valence-electron chi connectivity index (χ1n) is 6.40. The van der Waals surface area contributed by atoms with Crippen LogP contribution in [0.3, 0.4) is 0 Å². The van der Waals surface area contributed by atoms with E-state index in [0.29, 0.717) is 19.4 Å². The van der Waals surface area contributed by atoms with Crippen LogP contribution in [0.25, 0.3) is 0 Å². The highest BCUT2D eigenvalue weighted by molar-refractivity contribution is 5.94. The van der Waals surface area contributed by atoms with Gasteiger partial charge in [0, 0.05) is 18.3 Å². The minimum absolute atomic E-state index is 0. The molecular formula is C13H16ClF3N2O3. The lowest BCUT2D eigenvalue weighted by Crippen LogP contribution is -2.29. The quantitative estimate of drug-likeness (QED) is 0.862. The van der Waals surface area contributed by atoms with Gasteiger partial charge < -0.3 is 20.5 Å². The normalized spacial score (nSPS) is 20.6. The Morgan fingerprint density at radius 1 is 1.45 bits per heavy atom. The van der Waals surface area contributed by atoms with Gasteiger partial charge in [0.1, 0.15) is 6.10 Å². The molecule has 22 heavy (non-hydrogen) atoms. The highest BCUT2D eigenvalue weighted by Gasteiger charge is 2.29. The van der Waals surface area contributed by atoms with Gasteiger partial charge in [0.2, 0.25) is 0 Å². The van der Waals surface area contributed by atoms with Crippen LogP contribution in [0.2, 0.25) is 0 Å². The van der Waals surface area contributed by atoms with E-state index in [1.165, 1.54) is 6.07 Å². The lowest BCUT2D eigenvalue weighted by molar-refractivity contribution is -0.126. The number of carbonyl (C=O) groups excluding carboxylic acids is 1. The predicted octanol–water partition coefficient (Wildman–Crippen LogP) is 2.29. The SMILES string of the molecule is Cl.NC[C@H]1CC[C@@H](C(=O)Nc2ccc(OC(F)F)c(F)c2)O1. The van der Waals surface area contributed by atoms with Gasteiger partial charge in [-0.15, -0.1) is 12.4 Å². The number of benzene rings is 1. The Labute approximate surface area is 131 Å². The first kappa shape index (κ1) is 18.5. The monoisotopic (exact) mass is 340 g/mol. The number of hydrogen-bond donors (Lipinski definition) is 2. The van der Waals surface area contributed by atoms with E-state index in [4.69, 9.17) is 10.5 Å². The summed E-state index contributed by atoms with van der Waals surface area (Å²) in [6.07, 6.45) is 0.422. The molecule has 1 amide bonds. The van der Waals surface area contributed by atoms with Crippen molar-refractivity contribution in [2.75, 3.05) is 11.9 Å². The first-order chi connectivity index (χ1) is 9.99. The van der Waals surface area contributed by atoms with Gasteiger partial charge in [-0.3, -0.25) is 4.79 Å². The fraction of sp³-hybridized carbons (Fsp3) is 0.462. The van der Waals surface area contributed by atoms with Crippen molar-refractivity contribution in [2.45, 2.75) is 31.7 Å². The summed E-state index contributed by atoms with van der Waals surface area (Å²) in [6.45, 7) is -2.78. The third-order valence-corrected chi connectivity index (χ3v) is 3.08. The highest BCUT2D eigenvalue weighted by atomic mass is 35.5. The first-order valence-corrected chi connectivity index (χ1v) is 6.40. The van der Waals surface area contributed by atoms with Gasteiger partial charge in [-0.2, -0.15) is 8.78 Å². The van der Waals surface area contributed by atoms with Crippen LogP contribution in [0.1, 0.15) is 12.8 Å². The van der Waals surface area contributed by atoms with E-state index in [0.717, 1.165) is 12.1 Å². The maximum Gasteiger partial charge on any atom is 0.387 e. The van der Waals surface area contributed by atoms with Crippen LogP contribution < -0.4 is 15.8 Å². The van der Waals surface area contributed by atoms with E-state index < -0.39 is 30.2 Å². The van der Waals surface area contributed by atoms with Gasteiger partial charge in [-0.25, -0.2) is 4.39 Å². The van der Waals surface area contributed by atoms with Crippen molar-refractivity contribution in [3.8, 4) is 5.75 Å². The van der Waals surface area contributed by atoms with Gasteiger partial charge >= 0.3 is 6.61 Å². The van der Waals surface area contributed by atoms with Gasteiger partial charge in [0.05, 0.1) is 6.10 Å². The van der Waals surface area contributed by atoms with Gasteiger partial charge in [0.15, 0.2) is 11.6 Å². The zero-order valence-corrected chi connectivity index (χ0v) is 12.2. The van der Waals surface area contributed by atoms with E-state index >= 15 is 0 Å². The summed E-state index contributed by atoms with van der Waals surface area (Å²) in [5, 5.41) is 2.46. The number of carbonyl (C=O) groups is 1. The summed E-state index contributed by atoms with van der Waals surface area (Å²) in [7, 11) is 0. The van der Waals surface area contributed by atoms with E-state index in [1.807, 2.05) is 0 Å². The van der Waals surface area contributed by atoms with Crippen molar-refractivity contribution < 1.29 is 27.4 Å². The number of halogens is 4. The lowest BCUT2D eigenvalue weighted by Gasteiger charge is -2.13. The summed E-state index contributed by atoms with van der Waals surface area (Å²) in [4.78, 5) is 11.9. The summed E-state index contributed by atoms with van der Waals surface area (Å²) >= 11 is 0. The minimum atomic E-state index is -3.11. The van der Waals surface area contributed by atoms with E-state index in [1.54, 1.807) is 0 Å². The average Bonchev–Trinajstić information content (AvgIpc) is 2.90. The Kier molecular flexibility index (Phi) is 6.92. The Balaban J connectivity index is 0.00000242. The van der Waals surface area contributed by atoms with E-state index in [-0.39, 0.29) is 24.2 Å². The molecule has 1 fully saturated rings. The van der Waals surface area contributed by atoms with Crippen LogP contribution in [-0.4, -0.2) is 31.3 Å². The molecule has 3 N–H and O–H groups in total. The molecule has 2 atom stereocenters. The number of ether oxygens (including phenoxy) is 2. The third kappa shape index (κ3) is 4.75. The van der Waals surface area contributed by atoms with E-state index in [2.05, 4.69) is 10.1 Å². The van der Waals surface area contributed by atoms with Crippen molar-refractivity contribution in [1.29, 1.82) is 0 Å². The summed E-state index contributed by atoms with van der Waals surface area (Å²) < 4.78 is 46.9. The Bertz CT molecular complexity index is 519. The molecule has 9 heteroatoms. The Morgan fingerprint density at radius 2 is 2.18 bits per heavy atom. The topological polar surface area (TPSA) is 73.6 Å². The maximum atomic E-state index is 13.5. The Morgan fingerprint density at radius 3 is 2.73 bits per heavy atom. The number of nitrogens with two attached hydrogens (primary N) is 1. The molecule has 5 nitrogen and oxygen atoms in total. The summed E-state index contributed by atoms with van der Waals surface area (Å²) in [5.41, 5.74) is 5.58. The molecule has 1 aliphatic rings. The molecule has 0 aliphatic carbocycles. The maximum absolute atomic E-state index is 13.5. The molecule has 0 spiro atoms. The van der Waals surface area contributed by atoms with Crippen LogP contribution in [0.4, 0.5) is 18.9 Å². The zero-order chi connectivity index (χ0) is 15.4. The molecule has 0 radical (unpaired) electrons. The van der Waals surface area contributed by atoms with Gasteiger partial charge in [-0.05, 0) is 25.0 Å². The van der Waals surface area contributed by atoms with Crippen LogP contribution in [0.5, 0.6) is 5.75 Å². The molecule has 0 unspecified atom stereocenters. The fourth-order valence-electron chi connectivity index (χ4n) is 2.06. The molecule has 1 saturated heterocycles. The molecule has 0 saturated carbocycles. The summed E-state index contributed by atoms with van der Waals surface area (Å²) in [5.74, 6) is -1.99. The standard InChI is InChI=1S/C13H15F3N2O3.ClH/c14-9-5-7(1-3-10(9)21-13(15)16)18-12(19)11-4-2-8(6-17)20-11;/h1,3,5,8,11,13H,2,4,6,17H2,(H,18,19);1H/t8-,11+;/m1./s1. The third-order valence-electron chi connectivity index (χ3n) is 3.08. The van der Waals surface area contributed by atoms with Crippen molar-refractivity contribution >= 4 is 24.0 Å². The second-order valence-corrected chi connectivity index (χ2v) is 4.57. The van der Waals surface area contributed by atoms with Crippen molar-refractivity contribution in [3.63, 3.8) is 0 Å². The number of alkyl halides is 2. The van der Waals surface area contributed by atoms with Crippen molar-refractivity contribution in [2.24, 2.45) is 5.73 Å². The van der Waals surface area contributed by atoms with Crippen molar-refractivity contribution in [3.05, 3.63) is 24.0 Å². The van der Waals surface area contributed by atoms with Crippen LogP contribution in [0.15, 0.2) is 18.2 Å². The van der Waals surface area contributed by atoms with Crippen LogP contribution >= 0.6 is 12.4 Å². The van der Waals surface area contributed by atoms with Crippen molar-refractivity contribution in [1.82, 2.24) is 0 Å². The van der Waals surface area contributed by atoms with E-state index in [9.17, 15) is 18.0 Å². The molecule has 124 valence electrons. The number of nitrogens with one attached hydrogen (secondary N) is 1. The molecule has 0 bridgehead atoms. The lowest BCUT2D eigenvalue weighted by atomic mass is 10.2. The minimum Gasteiger partial charge on any atom is -0.432 e. The van der Waals surface area contributed by atoms with Crippen LogP contribution in [0, 0.1) is 5.82 Å².